The van der Waals surface area contributed by atoms with Crippen molar-refractivity contribution in [1.82, 2.24) is 0 Å². The second-order valence-electron chi connectivity index (χ2n) is 7.38. The van der Waals surface area contributed by atoms with Gasteiger partial charge in [0.1, 0.15) is 0 Å². The van der Waals surface area contributed by atoms with E-state index in [2.05, 4.69) is 52.8 Å². The number of rotatable bonds is 4. The highest BCUT2D eigenvalue weighted by Crippen LogP contribution is 2.35. The summed E-state index contributed by atoms with van der Waals surface area (Å²) in [5, 5.41) is 0.775. The standard InChI is InChI=1S/C21H29ClN2/c1-11(2)17-9-15(7-13(5)20(17)23)8-16-10-18(12(3)4)21(24)14(6)19(16)22/h7,9-12H,8,23-24H2,1-6H3. The first-order valence-corrected chi connectivity index (χ1v) is 8.97. The normalized spacial score (nSPS) is 11.5. The summed E-state index contributed by atoms with van der Waals surface area (Å²) in [5.74, 6) is 0.776. The Morgan fingerprint density at radius 2 is 1.42 bits per heavy atom. The van der Waals surface area contributed by atoms with E-state index < -0.39 is 0 Å². The highest BCUT2D eigenvalue weighted by atomic mass is 35.5. The fraction of sp³-hybridized carbons (Fsp3) is 0.429. The van der Waals surface area contributed by atoms with Crippen LogP contribution in [-0.2, 0) is 6.42 Å². The van der Waals surface area contributed by atoms with Crippen molar-refractivity contribution in [2.24, 2.45) is 0 Å². The predicted molar refractivity (Wildman–Crippen MR) is 107 cm³/mol. The number of aryl methyl sites for hydroxylation is 1. The van der Waals surface area contributed by atoms with Crippen molar-refractivity contribution in [2.75, 3.05) is 11.5 Å². The summed E-state index contributed by atoms with van der Waals surface area (Å²) in [7, 11) is 0. The average molecular weight is 345 g/mol. The summed E-state index contributed by atoms with van der Waals surface area (Å²) in [6, 6.07) is 6.54. The first-order valence-electron chi connectivity index (χ1n) is 8.59. The minimum Gasteiger partial charge on any atom is -0.398 e. The highest BCUT2D eigenvalue weighted by molar-refractivity contribution is 6.32. The maximum atomic E-state index is 6.59. The van der Waals surface area contributed by atoms with Crippen LogP contribution in [0.5, 0.6) is 0 Å². The zero-order valence-corrected chi connectivity index (χ0v) is 16.4. The molecule has 0 unspecified atom stereocenters. The van der Waals surface area contributed by atoms with Gasteiger partial charge in [0.15, 0.2) is 0 Å². The monoisotopic (exact) mass is 344 g/mol. The van der Waals surface area contributed by atoms with Crippen LogP contribution in [-0.4, -0.2) is 0 Å². The van der Waals surface area contributed by atoms with Gasteiger partial charge in [-0.15, -0.1) is 0 Å². The summed E-state index contributed by atoms with van der Waals surface area (Å²) < 4.78 is 0. The first kappa shape index (κ1) is 18.7. The zero-order valence-electron chi connectivity index (χ0n) is 15.6. The molecule has 24 heavy (non-hydrogen) atoms. The number of hydrogen-bond acceptors (Lipinski definition) is 2. The largest absolute Gasteiger partial charge is 0.398 e. The van der Waals surface area contributed by atoms with E-state index in [1.165, 1.54) is 16.7 Å². The number of halogens is 1. The van der Waals surface area contributed by atoms with E-state index in [-0.39, 0.29) is 0 Å². The van der Waals surface area contributed by atoms with Crippen molar-refractivity contribution in [1.29, 1.82) is 0 Å². The van der Waals surface area contributed by atoms with Crippen LogP contribution in [0.4, 0.5) is 11.4 Å². The fourth-order valence-electron chi connectivity index (χ4n) is 3.21. The third-order valence-electron chi connectivity index (χ3n) is 4.77. The number of benzene rings is 2. The van der Waals surface area contributed by atoms with Gasteiger partial charge in [0.05, 0.1) is 0 Å². The Bertz CT molecular complexity index is 761. The second kappa shape index (κ2) is 7.06. The molecule has 4 N–H and O–H groups in total. The van der Waals surface area contributed by atoms with Gasteiger partial charge < -0.3 is 11.5 Å². The summed E-state index contributed by atoms with van der Waals surface area (Å²) in [5.41, 5.74) is 21.1. The van der Waals surface area contributed by atoms with E-state index >= 15 is 0 Å². The summed E-state index contributed by atoms with van der Waals surface area (Å²) in [4.78, 5) is 0. The molecule has 0 aliphatic carbocycles. The highest BCUT2D eigenvalue weighted by Gasteiger charge is 2.16. The molecule has 2 aromatic carbocycles. The molecule has 0 aliphatic rings. The molecule has 2 rings (SSSR count). The van der Waals surface area contributed by atoms with Crippen LogP contribution in [0.25, 0.3) is 0 Å². The second-order valence-corrected chi connectivity index (χ2v) is 7.76. The molecule has 0 saturated carbocycles. The topological polar surface area (TPSA) is 52.0 Å². The van der Waals surface area contributed by atoms with Gasteiger partial charge in [0.25, 0.3) is 0 Å². The molecule has 130 valence electrons. The molecule has 0 fully saturated rings. The van der Waals surface area contributed by atoms with Gasteiger partial charge in [-0.2, -0.15) is 0 Å². The minimum absolute atomic E-state index is 0.374. The Morgan fingerprint density at radius 3 is 1.96 bits per heavy atom. The van der Waals surface area contributed by atoms with Crippen molar-refractivity contribution < 1.29 is 0 Å². The lowest BCUT2D eigenvalue weighted by Crippen LogP contribution is -2.05. The maximum Gasteiger partial charge on any atom is 0.0491 e. The van der Waals surface area contributed by atoms with Crippen molar-refractivity contribution in [3.63, 3.8) is 0 Å². The van der Waals surface area contributed by atoms with Gasteiger partial charge in [-0.1, -0.05) is 57.5 Å². The molecule has 2 nitrogen and oxygen atoms in total. The molecule has 0 radical (unpaired) electrons. The van der Waals surface area contributed by atoms with Gasteiger partial charge in [-0.05, 0) is 65.5 Å². The lowest BCUT2D eigenvalue weighted by atomic mass is 9.90. The molecule has 0 saturated heterocycles. The lowest BCUT2D eigenvalue weighted by molar-refractivity contribution is 0.861. The molecule has 0 heterocycles. The van der Waals surface area contributed by atoms with E-state index in [0.717, 1.165) is 39.5 Å². The van der Waals surface area contributed by atoms with Crippen molar-refractivity contribution in [3.8, 4) is 0 Å². The van der Waals surface area contributed by atoms with Crippen molar-refractivity contribution in [2.45, 2.75) is 59.8 Å². The Labute approximate surface area is 151 Å². The summed E-state index contributed by atoms with van der Waals surface area (Å²) >= 11 is 6.59. The molecular weight excluding hydrogens is 316 g/mol. The molecule has 0 atom stereocenters. The molecular formula is C21H29ClN2. The van der Waals surface area contributed by atoms with Gasteiger partial charge in [0.2, 0.25) is 0 Å². The Balaban J connectivity index is 2.52. The third-order valence-corrected chi connectivity index (χ3v) is 5.30. The van der Waals surface area contributed by atoms with Crippen LogP contribution in [0.15, 0.2) is 18.2 Å². The van der Waals surface area contributed by atoms with E-state index in [0.29, 0.717) is 11.8 Å². The van der Waals surface area contributed by atoms with E-state index in [4.69, 9.17) is 23.1 Å². The van der Waals surface area contributed by atoms with Crippen molar-refractivity contribution >= 4 is 23.0 Å². The van der Waals surface area contributed by atoms with Crippen LogP contribution in [0, 0.1) is 13.8 Å². The zero-order chi connectivity index (χ0) is 18.2. The molecule has 0 aromatic heterocycles. The summed E-state index contributed by atoms with van der Waals surface area (Å²) in [6.45, 7) is 12.7. The molecule has 0 bridgehead atoms. The van der Waals surface area contributed by atoms with Crippen LogP contribution in [0.1, 0.15) is 72.9 Å². The SMILES string of the molecule is Cc1cc(Cc2cc(C(C)C)c(N)c(C)c2Cl)cc(C(C)C)c1N. The minimum atomic E-state index is 0.374. The fourth-order valence-corrected chi connectivity index (χ4v) is 3.44. The van der Waals surface area contributed by atoms with Gasteiger partial charge in [-0.3, -0.25) is 0 Å². The Hall–Kier alpha value is -1.67. The first-order chi connectivity index (χ1) is 11.1. The molecule has 3 heteroatoms. The van der Waals surface area contributed by atoms with Crippen LogP contribution in [0.3, 0.4) is 0 Å². The Morgan fingerprint density at radius 1 is 0.875 bits per heavy atom. The van der Waals surface area contributed by atoms with Crippen LogP contribution < -0.4 is 11.5 Å². The summed E-state index contributed by atoms with van der Waals surface area (Å²) in [6.07, 6.45) is 0.792. The quantitative estimate of drug-likeness (QED) is 0.672. The van der Waals surface area contributed by atoms with Gasteiger partial charge in [0, 0.05) is 16.4 Å². The number of nitrogen functional groups attached to an aromatic ring is 2. The van der Waals surface area contributed by atoms with Crippen LogP contribution >= 0.6 is 11.6 Å². The number of anilines is 2. The smallest absolute Gasteiger partial charge is 0.0491 e. The van der Waals surface area contributed by atoms with Gasteiger partial charge in [-0.25, -0.2) is 0 Å². The number of nitrogens with two attached hydrogens (primary N) is 2. The van der Waals surface area contributed by atoms with E-state index in [1.807, 2.05) is 6.92 Å². The Kier molecular flexibility index (Phi) is 5.49. The van der Waals surface area contributed by atoms with Crippen molar-refractivity contribution in [3.05, 3.63) is 56.6 Å². The van der Waals surface area contributed by atoms with Gasteiger partial charge >= 0.3 is 0 Å². The lowest BCUT2D eigenvalue weighted by Gasteiger charge is -2.19. The average Bonchev–Trinajstić information content (AvgIpc) is 2.50. The molecule has 0 aliphatic heterocycles. The predicted octanol–water partition coefficient (Wildman–Crippen LogP) is 5.96. The number of hydrogen-bond donors (Lipinski definition) is 2. The molecule has 0 spiro atoms. The third kappa shape index (κ3) is 3.54. The van der Waals surface area contributed by atoms with E-state index in [1.54, 1.807) is 0 Å². The molecule has 0 amide bonds. The van der Waals surface area contributed by atoms with Crippen LogP contribution in [0.2, 0.25) is 5.02 Å². The maximum absolute atomic E-state index is 6.59. The van der Waals surface area contributed by atoms with E-state index in [9.17, 15) is 0 Å². The molecule has 2 aromatic rings.